The minimum Gasteiger partial charge on any atom is -0.464 e. The molecule has 0 radical (unpaired) electrons. The van der Waals surface area contributed by atoms with Crippen LogP contribution in [0.3, 0.4) is 0 Å². The van der Waals surface area contributed by atoms with Crippen LogP contribution in [0.15, 0.2) is 34.7 Å². The largest absolute Gasteiger partial charge is 0.464 e. The van der Waals surface area contributed by atoms with Crippen LogP contribution in [0.2, 0.25) is 0 Å². The summed E-state index contributed by atoms with van der Waals surface area (Å²) in [5, 5.41) is 0. The van der Waals surface area contributed by atoms with Gasteiger partial charge >= 0.3 is 6.03 Å². The average Bonchev–Trinajstić information content (AvgIpc) is 3.25. The van der Waals surface area contributed by atoms with Crippen LogP contribution in [0.4, 0.5) is 4.79 Å². The second-order valence-corrected chi connectivity index (χ2v) is 7.71. The van der Waals surface area contributed by atoms with Gasteiger partial charge in [0.05, 0.1) is 12.3 Å². The highest BCUT2D eigenvalue weighted by atomic mass is 32.2. The van der Waals surface area contributed by atoms with Crippen molar-refractivity contribution in [3.05, 3.63) is 47.4 Å². The maximum Gasteiger partial charge on any atom is 0.315 e. The van der Waals surface area contributed by atoms with Crippen molar-refractivity contribution in [3.8, 4) is 11.5 Å². The lowest BCUT2D eigenvalue weighted by Gasteiger charge is -2.20. The number of ether oxygens (including phenoxy) is 2. The van der Waals surface area contributed by atoms with Crippen LogP contribution in [-0.2, 0) is 18.8 Å². The molecule has 8 heteroatoms. The molecule has 1 aromatic carbocycles. The predicted octanol–water partition coefficient (Wildman–Crippen LogP) is 2.88. The van der Waals surface area contributed by atoms with Gasteiger partial charge in [0.15, 0.2) is 11.5 Å². The van der Waals surface area contributed by atoms with Gasteiger partial charge in [-0.3, -0.25) is 0 Å². The number of carbonyl (C=O) groups excluding carboxylic acids is 1. The summed E-state index contributed by atoms with van der Waals surface area (Å²) < 4.78 is 16.5. The Kier molecular flexibility index (Phi) is 6.52. The molecule has 1 aromatic heterocycles. The molecule has 0 atom stereocenters. The molecule has 2 aromatic rings. The molecule has 2 amide bonds. The van der Waals surface area contributed by atoms with E-state index in [1.807, 2.05) is 44.4 Å². The van der Waals surface area contributed by atoms with Gasteiger partial charge in [-0.05, 0) is 43.9 Å². The molecule has 0 spiro atoms. The maximum absolute atomic E-state index is 11.8. The zero-order valence-corrected chi connectivity index (χ0v) is 16.5. The van der Waals surface area contributed by atoms with Gasteiger partial charge in [0.1, 0.15) is 11.5 Å². The van der Waals surface area contributed by atoms with Gasteiger partial charge in [-0.2, -0.15) is 11.8 Å². The number of amides is 2. The normalized spacial score (nSPS) is 12.6. The van der Waals surface area contributed by atoms with Crippen molar-refractivity contribution < 1.29 is 18.7 Å². The summed E-state index contributed by atoms with van der Waals surface area (Å²) in [6.07, 6.45) is 0. The highest BCUT2D eigenvalue weighted by Gasteiger charge is 2.16. The number of hydrogen-bond acceptors (Lipinski definition) is 6. The van der Waals surface area contributed by atoms with Crippen LogP contribution in [0.5, 0.6) is 11.5 Å². The first-order chi connectivity index (χ1) is 13.0. The number of nitrogens with zero attached hydrogens (tertiary/aromatic N) is 2. The molecule has 2 heterocycles. The van der Waals surface area contributed by atoms with Crippen LogP contribution in [0, 0.1) is 0 Å². The first-order valence-electron chi connectivity index (χ1n) is 8.74. The Hall–Kier alpha value is -2.32. The lowest BCUT2D eigenvalue weighted by Crippen LogP contribution is -2.36. The molecule has 3 rings (SSSR count). The predicted molar refractivity (Wildman–Crippen MR) is 105 cm³/mol. The Labute approximate surface area is 163 Å². The van der Waals surface area contributed by atoms with Gasteiger partial charge < -0.3 is 29.4 Å². The molecule has 2 N–H and O–H groups in total. The monoisotopic (exact) mass is 391 g/mol. The van der Waals surface area contributed by atoms with Crippen molar-refractivity contribution in [1.29, 1.82) is 0 Å². The first kappa shape index (κ1) is 19.4. The molecule has 0 bridgehead atoms. The molecule has 0 saturated heterocycles. The second kappa shape index (κ2) is 9.05. The number of carbonyl (C=O) groups is 1. The molecular weight excluding hydrogens is 366 g/mol. The molecule has 0 saturated carbocycles. The Morgan fingerprint density at radius 2 is 1.89 bits per heavy atom. The molecule has 1 aliphatic heterocycles. The number of fused-ring (bicyclic) bond motifs is 1. The second-order valence-electron chi connectivity index (χ2n) is 6.61. The summed E-state index contributed by atoms with van der Waals surface area (Å²) in [6.45, 7) is 2.04. The fourth-order valence-electron chi connectivity index (χ4n) is 2.77. The molecule has 27 heavy (non-hydrogen) atoms. The molecular formula is C19H25N3O4S. The standard InChI is InChI=1S/C19H25N3O4S/c1-21(2)11-15-4-5-16(26-15)12-27-8-7-22(19(20)23)10-14-3-6-17-18(9-14)25-13-24-17/h3-6,9H,7-8,10-13H2,1-2H3,(H2,20,23). The van der Waals surface area contributed by atoms with Crippen LogP contribution < -0.4 is 15.2 Å². The maximum atomic E-state index is 11.8. The van der Waals surface area contributed by atoms with E-state index in [0.29, 0.717) is 18.8 Å². The number of thioether (sulfide) groups is 1. The van der Waals surface area contributed by atoms with Crippen LogP contribution in [-0.4, -0.2) is 49.0 Å². The van der Waals surface area contributed by atoms with E-state index in [0.717, 1.165) is 40.9 Å². The quantitative estimate of drug-likeness (QED) is 0.662. The molecule has 146 valence electrons. The van der Waals surface area contributed by atoms with Crippen molar-refractivity contribution in [3.63, 3.8) is 0 Å². The van der Waals surface area contributed by atoms with Gasteiger partial charge in [0, 0.05) is 18.8 Å². The number of nitrogens with two attached hydrogens (primary N) is 1. The SMILES string of the molecule is CN(C)Cc1ccc(CSCCN(Cc2ccc3c(c2)OCO3)C(N)=O)o1. The molecule has 0 aliphatic carbocycles. The number of urea groups is 1. The highest BCUT2D eigenvalue weighted by molar-refractivity contribution is 7.98. The molecule has 1 aliphatic rings. The van der Waals surface area contributed by atoms with Crippen molar-refractivity contribution in [2.24, 2.45) is 5.73 Å². The smallest absolute Gasteiger partial charge is 0.315 e. The topological polar surface area (TPSA) is 81.2 Å². The van der Waals surface area contributed by atoms with Crippen molar-refractivity contribution in [2.75, 3.05) is 33.2 Å². The van der Waals surface area contributed by atoms with Crippen LogP contribution >= 0.6 is 11.8 Å². The third-order valence-electron chi connectivity index (χ3n) is 4.06. The number of primary amides is 1. The lowest BCUT2D eigenvalue weighted by atomic mass is 10.2. The zero-order chi connectivity index (χ0) is 19.2. The van der Waals surface area contributed by atoms with Gasteiger partial charge in [-0.1, -0.05) is 6.07 Å². The van der Waals surface area contributed by atoms with Gasteiger partial charge in [-0.25, -0.2) is 4.79 Å². The lowest BCUT2D eigenvalue weighted by molar-refractivity contribution is 0.174. The highest BCUT2D eigenvalue weighted by Crippen LogP contribution is 2.32. The van der Waals surface area contributed by atoms with Crippen molar-refractivity contribution in [2.45, 2.75) is 18.8 Å². The number of furan rings is 1. The van der Waals surface area contributed by atoms with E-state index in [4.69, 9.17) is 19.6 Å². The van der Waals surface area contributed by atoms with Crippen LogP contribution in [0.25, 0.3) is 0 Å². The van der Waals surface area contributed by atoms with E-state index in [1.54, 1.807) is 16.7 Å². The average molecular weight is 391 g/mol. The summed E-state index contributed by atoms with van der Waals surface area (Å²) in [7, 11) is 4.02. The minimum atomic E-state index is -0.431. The van der Waals surface area contributed by atoms with E-state index in [-0.39, 0.29) is 6.79 Å². The summed E-state index contributed by atoms with van der Waals surface area (Å²) in [4.78, 5) is 15.5. The van der Waals surface area contributed by atoms with E-state index in [1.165, 1.54) is 0 Å². The molecule has 0 fully saturated rings. The third-order valence-corrected chi connectivity index (χ3v) is 5.02. The summed E-state index contributed by atoms with van der Waals surface area (Å²) in [5.74, 6) is 4.88. The third kappa shape index (κ3) is 5.58. The summed E-state index contributed by atoms with van der Waals surface area (Å²) in [6, 6.07) is 9.25. The first-order valence-corrected chi connectivity index (χ1v) is 9.89. The minimum absolute atomic E-state index is 0.234. The van der Waals surface area contributed by atoms with Crippen molar-refractivity contribution >= 4 is 17.8 Å². The number of benzene rings is 1. The van der Waals surface area contributed by atoms with Gasteiger partial charge in [0.25, 0.3) is 0 Å². The Bertz CT molecular complexity index is 778. The molecule has 7 nitrogen and oxygen atoms in total. The van der Waals surface area contributed by atoms with E-state index in [9.17, 15) is 4.79 Å². The van der Waals surface area contributed by atoms with Crippen LogP contribution in [0.1, 0.15) is 17.1 Å². The summed E-state index contributed by atoms with van der Waals surface area (Å²) >= 11 is 1.71. The number of hydrogen-bond donors (Lipinski definition) is 1. The Balaban J connectivity index is 1.46. The van der Waals surface area contributed by atoms with E-state index >= 15 is 0 Å². The van der Waals surface area contributed by atoms with Crippen molar-refractivity contribution in [1.82, 2.24) is 9.80 Å². The fraction of sp³-hybridized carbons (Fsp3) is 0.421. The number of rotatable bonds is 9. The molecule has 0 unspecified atom stereocenters. The Morgan fingerprint density at radius 3 is 2.67 bits per heavy atom. The summed E-state index contributed by atoms with van der Waals surface area (Å²) in [5.41, 5.74) is 6.50. The van der Waals surface area contributed by atoms with E-state index < -0.39 is 6.03 Å². The Morgan fingerprint density at radius 1 is 1.11 bits per heavy atom. The van der Waals surface area contributed by atoms with Gasteiger partial charge in [-0.15, -0.1) is 0 Å². The zero-order valence-electron chi connectivity index (χ0n) is 15.6. The fourth-order valence-corrected chi connectivity index (χ4v) is 3.62. The van der Waals surface area contributed by atoms with Gasteiger partial charge in [0.2, 0.25) is 6.79 Å². The van der Waals surface area contributed by atoms with E-state index in [2.05, 4.69) is 4.90 Å².